The van der Waals surface area contributed by atoms with Crippen molar-refractivity contribution in [2.24, 2.45) is 0 Å². The molecule has 2 rings (SSSR count). The Morgan fingerprint density at radius 1 is 0.839 bits per heavy atom. The van der Waals surface area contributed by atoms with Crippen LogP contribution in [-0.2, 0) is 6.42 Å². The van der Waals surface area contributed by atoms with E-state index in [2.05, 4.69) is 6.92 Å². The lowest BCUT2D eigenvalue weighted by molar-refractivity contribution is -0.394. The molecule has 0 bridgehead atoms. The van der Waals surface area contributed by atoms with Crippen molar-refractivity contribution in [3.63, 3.8) is 0 Å². The maximum absolute atomic E-state index is 12.3. The number of hydrogen-bond acceptors (Lipinski definition) is 6. The van der Waals surface area contributed by atoms with Crippen molar-refractivity contribution < 1.29 is 19.4 Å². The minimum absolute atomic E-state index is 0.261. The number of ether oxygens (including phenoxy) is 1. The van der Waals surface area contributed by atoms with Crippen LogP contribution in [0.2, 0.25) is 0 Å². The lowest BCUT2D eigenvalue weighted by Gasteiger charge is -2.07. The van der Waals surface area contributed by atoms with Crippen molar-refractivity contribution in [1.29, 1.82) is 0 Å². The Morgan fingerprint density at radius 3 is 2.03 bits per heavy atom. The number of nitro groups is 2. The lowest BCUT2D eigenvalue weighted by Crippen LogP contribution is -2.11. The molecule has 0 N–H and O–H groups in total. The molecule has 8 nitrogen and oxygen atoms in total. The Morgan fingerprint density at radius 2 is 1.45 bits per heavy atom. The van der Waals surface area contributed by atoms with Crippen LogP contribution in [0.5, 0.6) is 5.75 Å². The lowest BCUT2D eigenvalue weighted by atomic mass is 10.0. The number of rotatable bonds is 13. The number of aryl methyl sites for hydroxylation is 1. The summed E-state index contributed by atoms with van der Waals surface area (Å²) in [6, 6.07) is 9.86. The van der Waals surface area contributed by atoms with Gasteiger partial charge in [-0.15, -0.1) is 0 Å². The number of carbonyl (C=O) groups is 1. The fourth-order valence-electron chi connectivity index (χ4n) is 3.31. The van der Waals surface area contributed by atoms with Gasteiger partial charge in [0.25, 0.3) is 11.4 Å². The molecule has 0 spiro atoms. The van der Waals surface area contributed by atoms with E-state index in [4.69, 9.17) is 4.74 Å². The standard InChI is InChI=1S/C23H28N2O6/c1-2-3-4-5-6-7-8-9-10-18-11-14-20(15-12-18)31-23(26)21-16-13-19(24(27)28)17-22(21)25(29)30/h11-17H,2-10H2,1H3. The zero-order valence-electron chi connectivity index (χ0n) is 17.7. The molecule has 0 atom stereocenters. The van der Waals surface area contributed by atoms with Crippen LogP contribution in [0.1, 0.15) is 74.2 Å². The maximum atomic E-state index is 12.3. The van der Waals surface area contributed by atoms with Gasteiger partial charge in [-0.05, 0) is 36.6 Å². The number of non-ortho nitro benzene ring substituents is 1. The molecule has 0 fully saturated rings. The third-order valence-electron chi connectivity index (χ3n) is 5.06. The molecular weight excluding hydrogens is 400 g/mol. The van der Waals surface area contributed by atoms with Crippen molar-refractivity contribution in [1.82, 2.24) is 0 Å². The molecule has 0 aliphatic rings. The van der Waals surface area contributed by atoms with Gasteiger partial charge in [0, 0.05) is 6.07 Å². The zero-order valence-corrected chi connectivity index (χ0v) is 17.7. The van der Waals surface area contributed by atoms with Crippen LogP contribution in [-0.4, -0.2) is 15.8 Å². The average molecular weight is 428 g/mol. The van der Waals surface area contributed by atoms with E-state index in [0.29, 0.717) is 0 Å². The molecule has 0 radical (unpaired) electrons. The van der Waals surface area contributed by atoms with E-state index < -0.39 is 27.2 Å². The molecule has 0 amide bonds. The summed E-state index contributed by atoms with van der Waals surface area (Å²) in [6.07, 6.45) is 11.0. The molecule has 2 aromatic rings. The Hall–Kier alpha value is -3.29. The van der Waals surface area contributed by atoms with Crippen molar-refractivity contribution in [3.05, 3.63) is 73.8 Å². The van der Waals surface area contributed by atoms with E-state index in [0.717, 1.165) is 36.6 Å². The summed E-state index contributed by atoms with van der Waals surface area (Å²) in [7, 11) is 0. The number of esters is 1. The first kappa shape index (κ1) is 24.0. The first-order valence-electron chi connectivity index (χ1n) is 10.7. The van der Waals surface area contributed by atoms with E-state index >= 15 is 0 Å². The first-order valence-corrected chi connectivity index (χ1v) is 10.7. The van der Waals surface area contributed by atoms with Crippen LogP contribution in [0.4, 0.5) is 11.4 Å². The summed E-state index contributed by atoms with van der Waals surface area (Å²) < 4.78 is 5.22. The fourth-order valence-corrected chi connectivity index (χ4v) is 3.31. The van der Waals surface area contributed by atoms with E-state index in [1.54, 1.807) is 12.1 Å². The second-order valence-electron chi connectivity index (χ2n) is 7.47. The highest BCUT2D eigenvalue weighted by atomic mass is 16.6. The molecule has 0 aliphatic heterocycles. The number of benzene rings is 2. The molecule has 0 aromatic heterocycles. The predicted octanol–water partition coefficient (Wildman–Crippen LogP) is 6.41. The van der Waals surface area contributed by atoms with E-state index in [-0.39, 0.29) is 11.3 Å². The van der Waals surface area contributed by atoms with Crippen LogP contribution in [0.25, 0.3) is 0 Å². The average Bonchev–Trinajstić information content (AvgIpc) is 2.76. The summed E-state index contributed by atoms with van der Waals surface area (Å²) in [5.41, 5.74) is -0.329. The highest BCUT2D eigenvalue weighted by molar-refractivity contribution is 5.95. The second-order valence-corrected chi connectivity index (χ2v) is 7.47. The molecule has 0 unspecified atom stereocenters. The van der Waals surface area contributed by atoms with Gasteiger partial charge in [-0.25, -0.2) is 4.79 Å². The summed E-state index contributed by atoms with van der Waals surface area (Å²) in [6.45, 7) is 2.21. The Bertz CT molecular complexity index is 895. The third kappa shape index (κ3) is 7.81. The normalized spacial score (nSPS) is 10.6. The van der Waals surface area contributed by atoms with Gasteiger partial charge in [0.1, 0.15) is 11.3 Å². The summed E-state index contributed by atoms with van der Waals surface area (Å²) in [4.78, 5) is 32.8. The van der Waals surface area contributed by atoms with Crippen LogP contribution >= 0.6 is 0 Å². The molecule has 0 aliphatic carbocycles. The van der Waals surface area contributed by atoms with Gasteiger partial charge < -0.3 is 4.74 Å². The molecule has 8 heteroatoms. The molecule has 0 heterocycles. The van der Waals surface area contributed by atoms with Gasteiger partial charge in [-0.3, -0.25) is 20.2 Å². The van der Waals surface area contributed by atoms with Gasteiger partial charge in [0.2, 0.25) is 0 Å². The van der Waals surface area contributed by atoms with Gasteiger partial charge >= 0.3 is 5.97 Å². The number of carbonyl (C=O) groups excluding carboxylic acids is 1. The van der Waals surface area contributed by atoms with E-state index in [1.165, 1.54) is 44.9 Å². The largest absolute Gasteiger partial charge is 0.423 e. The van der Waals surface area contributed by atoms with Crippen molar-refractivity contribution in [2.75, 3.05) is 0 Å². The molecular formula is C23H28N2O6. The first-order chi connectivity index (χ1) is 14.9. The van der Waals surface area contributed by atoms with E-state index in [9.17, 15) is 25.0 Å². The number of nitrogens with zero attached hydrogens (tertiary/aromatic N) is 2. The fraction of sp³-hybridized carbons (Fsp3) is 0.435. The third-order valence-corrected chi connectivity index (χ3v) is 5.06. The van der Waals surface area contributed by atoms with Crippen LogP contribution in [0, 0.1) is 20.2 Å². The highest BCUT2D eigenvalue weighted by Crippen LogP contribution is 2.26. The minimum atomic E-state index is -0.933. The van der Waals surface area contributed by atoms with Crippen molar-refractivity contribution in [3.8, 4) is 5.75 Å². The highest BCUT2D eigenvalue weighted by Gasteiger charge is 2.25. The maximum Gasteiger partial charge on any atom is 0.350 e. The molecule has 0 saturated heterocycles. The SMILES string of the molecule is CCCCCCCCCCc1ccc(OC(=O)c2ccc([N+](=O)[O-])cc2[N+](=O)[O-])cc1. The quantitative estimate of drug-likeness (QED) is 0.120. The Labute approximate surface area is 181 Å². The topological polar surface area (TPSA) is 113 Å². The van der Waals surface area contributed by atoms with Gasteiger partial charge in [-0.2, -0.15) is 0 Å². The summed E-state index contributed by atoms with van der Waals surface area (Å²) in [5.74, 6) is -0.672. The van der Waals surface area contributed by atoms with Gasteiger partial charge in [0.05, 0.1) is 15.9 Å². The van der Waals surface area contributed by atoms with Crippen LogP contribution in [0.3, 0.4) is 0 Å². The summed E-state index contributed by atoms with van der Waals surface area (Å²) >= 11 is 0. The van der Waals surface area contributed by atoms with Gasteiger partial charge in [-0.1, -0.05) is 64.0 Å². The summed E-state index contributed by atoms with van der Waals surface area (Å²) in [5, 5.41) is 22.0. The van der Waals surface area contributed by atoms with Crippen molar-refractivity contribution >= 4 is 17.3 Å². The van der Waals surface area contributed by atoms with Gasteiger partial charge in [0.15, 0.2) is 0 Å². The van der Waals surface area contributed by atoms with Crippen molar-refractivity contribution in [2.45, 2.75) is 64.7 Å². The smallest absolute Gasteiger partial charge is 0.350 e. The monoisotopic (exact) mass is 428 g/mol. The predicted molar refractivity (Wildman–Crippen MR) is 117 cm³/mol. The molecule has 0 saturated carbocycles. The number of nitro benzene ring substituents is 2. The molecule has 31 heavy (non-hydrogen) atoms. The minimum Gasteiger partial charge on any atom is -0.423 e. The zero-order chi connectivity index (χ0) is 22.6. The second kappa shape index (κ2) is 12.4. The molecule has 2 aromatic carbocycles. The number of unbranched alkanes of at least 4 members (excludes halogenated alkanes) is 7. The molecule has 166 valence electrons. The number of hydrogen-bond donors (Lipinski definition) is 0. The Kier molecular flexibility index (Phi) is 9.61. The van der Waals surface area contributed by atoms with Crippen LogP contribution in [0.15, 0.2) is 42.5 Å². The van der Waals surface area contributed by atoms with Crippen LogP contribution < -0.4 is 4.74 Å². The van der Waals surface area contributed by atoms with E-state index in [1.807, 2.05) is 12.1 Å². The Balaban J connectivity index is 1.87.